The van der Waals surface area contributed by atoms with E-state index in [0.29, 0.717) is 0 Å². The molecule has 3 aromatic rings. The summed E-state index contributed by atoms with van der Waals surface area (Å²) in [5.74, 6) is 0. The molecule has 6 heteroatoms. The summed E-state index contributed by atoms with van der Waals surface area (Å²) in [6.07, 6.45) is 13.0. The molecular weight excluding hydrogens is 290 g/mol. The van der Waals surface area contributed by atoms with Crippen LogP contribution in [0.2, 0.25) is 0 Å². The minimum absolute atomic E-state index is 0.0668. The van der Waals surface area contributed by atoms with Crippen LogP contribution < -0.4 is 0 Å². The number of hydrogen-bond acceptors (Lipinski definition) is 4. The van der Waals surface area contributed by atoms with Crippen molar-refractivity contribution < 1.29 is 4.74 Å². The minimum Gasteiger partial charge on any atom is -0.357 e. The summed E-state index contributed by atoms with van der Waals surface area (Å²) >= 11 is 0. The third-order valence-electron chi connectivity index (χ3n) is 4.15. The summed E-state index contributed by atoms with van der Waals surface area (Å²) in [5, 5.41) is 8.68. The zero-order chi connectivity index (χ0) is 15.6. The Hall–Kier alpha value is -2.47. The molecule has 0 amide bonds. The largest absolute Gasteiger partial charge is 0.357 e. The van der Waals surface area contributed by atoms with Gasteiger partial charge in [-0.05, 0) is 37.0 Å². The topological polar surface area (TPSA) is 57.8 Å². The number of hydrogen-bond donors (Lipinski definition) is 0. The van der Waals surface area contributed by atoms with Gasteiger partial charge in [0.15, 0.2) is 0 Å². The van der Waals surface area contributed by atoms with Gasteiger partial charge in [0.25, 0.3) is 0 Å². The Balaban J connectivity index is 1.62. The molecule has 0 N–H and O–H groups in total. The molecule has 118 valence electrons. The third-order valence-corrected chi connectivity index (χ3v) is 4.15. The van der Waals surface area contributed by atoms with Gasteiger partial charge in [-0.2, -0.15) is 10.2 Å². The molecule has 4 heterocycles. The van der Waals surface area contributed by atoms with Gasteiger partial charge in [0.1, 0.15) is 6.23 Å². The van der Waals surface area contributed by atoms with Crippen LogP contribution in [-0.4, -0.2) is 31.2 Å². The standard InChI is InChI=1S/C17H19N5O/c1-21-11-15(10-19-21)16-8-13(5-6-18-16)14-9-20-22(12-14)17-4-2-3-7-23-17/h5-6,8-12,17H,2-4,7H2,1H3. The maximum atomic E-state index is 5.79. The summed E-state index contributed by atoms with van der Waals surface area (Å²) in [4.78, 5) is 4.44. The molecule has 0 bridgehead atoms. The SMILES string of the molecule is Cn1cc(-c2cc(-c3cnn(C4CCCCO4)c3)ccn2)cn1. The maximum Gasteiger partial charge on any atom is 0.150 e. The van der Waals surface area contributed by atoms with E-state index < -0.39 is 0 Å². The van der Waals surface area contributed by atoms with Crippen molar-refractivity contribution in [2.45, 2.75) is 25.5 Å². The smallest absolute Gasteiger partial charge is 0.150 e. The van der Waals surface area contributed by atoms with E-state index in [1.165, 1.54) is 6.42 Å². The Morgan fingerprint density at radius 2 is 2.00 bits per heavy atom. The van der Waals surface area contributed by atoms with Gasteiger partial charge in [-0.15, -0.1) is 0 Å². The van der Waals surface area contributed by atoms with E-state index in [-0.39, 0.29) is 6.23 Å². The lowest BCUT2D eigenvalue weighted by Gasteiger charge is -2.22. The molecule has 23 heavy (non-hydrogen) atoms. The van der Waals surface area contributed by atoms with Crippen LogP contribution in [0.3, 0.4) is 0 Å². The van der Waals surface area contributed by atoms with Gasteiger partial charge in [0.05, 0.1) is 18.1 Å². The highest BCUT2D eigenvalue weighted by atomic mass is 16.5. The summed E-state index contributed by atoms with van der Waals surface area (Å²) in [7, 11) is 1.90. The van der Waals surface area contributed by atoms with E-state index in [1.807, 2.05) is 42.6 Å². The Kier molecular flexibility index (Phi) is 3.67. The van der Waals surface area contributed by atoms with Gasteiger partial charge >= 0.3 is 0 Å². The summed E-state index contributed by atoms with van der Waals surface area (Å²) in [6.45, 7) is 0.820. The van der Waals surface area contributed by atoms with Crippen LogP contribution in [0, 0.1) is 0 Å². The Labute approximate surface area is 134 Å². The van der Waals surface area contributed by atoms with Gasteiger partial charge in [-0.3, -0.25) is 9.67 Å². The van der Waals surface area contributed by atoms with E-state index in [2.05, 4.69) is 27.4 Å². The fraction of sp³-hybridized carbons (Fsp3) is 0.353. The number of aryl methyl sites for hydroxylation is 1. The molecule has 1 fully saturated rings. The summed E-state index contributed by atoms with van der Waals surface area (Å²) in [6, 6.07) is 4.07. The van der Waals surface area contributed by atoms with Crippen molar-refractivity contribution in [3.05, 3.63) is 43.1 Å². The molecule has 6 nitrogen and oxygen atoms in total. The monoisotopic (exact) mass is 309 g/mol. The predicted octanol–water partition coefficient (Wildman–Crippen LogP) is 3.04. The second-order valence-corrected chi connectivity index (χ2v) is 5.86. The normalized spacial score (nSPS) is 18.2. The van der Waals surface area contributed by atoms with E-state index in [9.17, 15) is 0 Å². The van der Waals surface area contributed by atoms with Gasteiger partial charge in [0, 0.05) is 43.4 Å². The third kappa shape index (κ3) is 2.90. The zero-order valence-electron chi connectivity index (χ0n) is 13.1. The number of pyridine rings is 1. The fourth-order valence-electron chi connectivity index (χ4n) is 2.90. The van der Waals surface area contributed by atoms with E-state index in [0.717, 1.165) is 41.8 Å². The molecule has 0 aromatic carbocycles. The van der Waals surface area contributed by atoms with Gasteiger partial charge in [-0.25, -0.2) is 4.68 Å². The average Bonchev–Trinajstić information content (AvgIpc) is 3.25. The maximum absolute atomic E-state index is 5.79. The van der Waals surface area contributed by atoms with Crippen molar-refractivity contribution in [1.29, 1.82) is 0 Å². The molecule has 0 saturated carbocycles. The van der Waals surface area contributed by atoms with E-state index in [4.69, 9.17) is 4.74 Å². The molecule has 4 rings (SSSR count). The molecule has 1 atom stereocenters. The average molecular weight is 309 g/mol. The number of ether oxygens (including phenoxy) is 1. The number of rotatable bonds is 3. The first-order chi connectivity index (χ1) is 11.3. The highest BCUT2D eigenvalue weighted by molar-refractivity contribution is 5.68. The number of nitrogens with zero attached hydrogens (tertiary/aromatic N) is 5. The Morgan fingerprint density at radius 3 is 2.78 bits per heavy atom. The number of aromatic nitrogens is 5. The molecule has 1 saturated heterocycles. The van der Waals surface area contributed by atoms with E-state index in [1.54, 1.807) is 4.68 Å². The van der Waals surface area contributed by atoms with Gasteiger partial charge < -0.3 is 4.74 Å². The van der Waals surface area contributed by atoms with Crippen LogP contribution in [0.4, 0.5) is 0 Å². The first-order valence-corrected chi connectivity index (χ1v) is 7.91. The first-order valence-electron chi connectivity index (χ1n) is 7.91. The molecule has 0 aliphatic carbocycles. The quantitative estimate of drug-likeness (QED) is 0.746. The molecule has 1 unspecified atom stereocenters. The highest BCUT2D eigenvalue weighted by Crippen LogP contribution is 2.27. The molecule has 1 aliphatic rings. The van der Waals surface area contributed by atoms with Crippen LogP contribution in [0.15, 0.2) is 43.1 Å². The van der Waals surface area contributed by atoms with Crippen molar-refractivity contribution in [2.24, 2.45) is 7.05 Å². The van der Waals surface area contributed by atoms with Crippen molar-refractivity contribution >= 4 is 0 Å². The molecular formula is C17H19N5O. The summed E-state index contributed by atoms with van der Waals surface area (Å²) < 4.78 is 9.50. The first kappa shape index (κ1) is 14.1. The van der Waals surface area contributed by atoms with Crippen LogP contribution in [0.25, 0.3) is 22.4 Å². The molecule has 1 aliphatic heterocycles. The highest BCUT2D eigenvalue weighted by Gasteiger charge is 2.17. The van der Waals surface area contributed by atoms with Crippen molar-refractivity contribution in [3.63, 3.8) is 0 Å². The van der Waals surface area contributed by atoms with Crippen LogP contribution in [-0.2, 0) is 11.8 Å². The lowest BCUT2D eigenvalue weighted by atomic mass is 10.1. The van der Waals surface area contributed by atoms with Crippen LogP contribution in [0.1, 0.15) is 25.5 Å². The Bertz CT molecular complexity index is 801. The van der Waals surface area contributed by atoms with Crippen molar-refractivity contribution in [1.82, 2.24) is 24.5 Å². The molecule has 0 spiro atoms. The molecule has 3 aromatic heterocycles. The van der Waals surface area contributed by atoms with Crippen molar-refractivity contribution in [2.75, 3.05) is 6.61 Å². The predicted molar refractivity (Wildman–Crippen MR) is 86.5 cm³/mol. The van der Waals surface area contributed by atoms with Gasteiger partial charge in [0.2, 0.25) is 0 Å². The van der Waals surface area contributed by atoms with Crippen LogP contribution in [0.5, 0.6) is 0 Å². The van der Waals surface area contributed by atoms with Crippen molar-refractivity contribution in [3.8, 4) is 22.4 Å². The summed E-state index contributed by atoms with van der Waals surface area (Å²) in [5.41, 5.74) is 4.10. The lowest BCUT2D eigenvalue weighted by Crippen LogP contribution is -2.18. The fourth-order valence-corrected chi connectivity index (χ4v) is 2.90. The second kappa shape index (κ2) is 5.96. The zero-order valence-corrected chi connectivity index (χ0v) is 13.1. The second-order valence-electron chi connectivity index (χ2n) is 5.86. The van der Waals surface area contributed by atoms with Gasteiger partial charge in [-0.1, -0.05) is 0 Å². The Morgan fingerprint density at radius 1 is 1.09 bits per heavy atom. The van der Waals surface area contributed by atoms with E-state index >= 15 is 0 Å². The van der Waals surface area contributed by atoms with Crippen LogP contribution >= 0.6 is 0 Å². The minimum atomic E-state index is 0.0668. The molecule has 0 radical (unpaired) electrons. The lowest BCUT2D eigenvalue weighted by molar-refractivity contribution is -0.0394.